The number of fused-ring (bicyclic) bond motifs is 1. The zero-order chi connectivity index (χ0) is 16.6. The van der Waals surface area contributed by atoms with Crippen LogP contribution in [0.2, 0.25) is 0 Å². The number of ether oxygens (including phenoxy) is 1. The summed E-state index contributed by atoms with van der Waals surface area (Å²) in [4.78, 5) is 26.5. The molecule has 0 spiro atoms. The molecule has 0 N–H and O–H groups in total. The third kappa shape index (κ3) is 2.72. The summed E-state index contributed by atoms with van der Waals surface area (Å²) in [7, 11) is 0. The van der Waals surface area contributed by atoms with E-state index in [2.05, 4.69) is 5.16 Å². The van der Waals surface area contributed by atoms with Gasteiger partial charge in [0.15, 0.2) is 6.10 Å². The Morgan fingerprint density at radius 1 is 1.30 bits per heavy atom. The Balaban J connectivity index is 1.73. The zero-order valence-electron chi connectivity index (χ0n) is 13.3. The van der Waals surface area contributed by atoms with Crippen molar-refractivity contribution in [3.63, 3.8) is 0 Å². The van der Waals surface area contributed by atoms with Gasteiger partial charge < -0.3 is 14.2 Å². The highest BCUT2D eigenvalue weighted by Crippen LogP contribution is 2.28. The molecule has 6 heteroatoms. The number of nitrogens with zero attached hydrogens (tertiary/aromatic N) is 2. The maximum atomic E-state index is 12.6. The first-order valence-electron chi connectivity index (χ1n) is 7.52. The molecule has 0 aliphatic carbocycles. The fourth-order valence-corrected chi connectivity index (χ4v) is 2.83. The molecule has 1 aromatic heterocycles. The highest BCUT2D eigenvalue weighted by Gasteiger charge is 2.31. The lowest BCUT2D eigenvalue weighted by molar-refractivity contribution is -0.126. The first-order valence-corrected chi connectivity index (χ1v) is 7.52. The number of rotatable bonds is 3. The Labute approximate surface area is 134 Å². The first-order chi connectivity index (χ1) is 11.0. The quantitative estimate of drug-likeness (QED) is 0.814. The van der Waals surface area contributed by atoms with Gasteiger partial charge in [-0.25, -0.2) is 4.79 Å². The van der Waals surface area contributed by atoms with Gasteiger partial charge in [0.05, 0.1) is 5.69 Å². The molecule has 0 bridgehead atoms. The molecule has 0 unspecified atom stereocenters. The van der Waals surface area contributed by atoms with Gasteiger partial charge in [0, 0.05) is 12.2 Å². The number of hydrogen-bond acceptors (Lipinski definition) is 5. The molecule has 0 fully saturated rings. The standard InChI is InChI=1S/C17H18N2O4/c1-10-15(11(2)23-18-10)17(21)22-12(3)16(20)19-9-8-13-6-4-5-7-14(13)19/h4-7,12H,8-9H2,1-3H3/t12-/m0/s1. The van der Waals surface area contributed by atoms with Crippen LogP contribution in [-0.4, -0.2) is 29.7 Å². The van der Waals surface area contributed by atoms with Crippen LogP contribution in [0.15, 0.2) is 28.8 Å². The SMILES string of the molecule is Cc1noc(C)c1C(=O)O[C@@H](C)C(=O)N1CCc2ccccc21. The lowest BCUT2D eigenvalue weighted by atomic mass is 10.2. The summed E-state index contributed by atoms with van der Waals surface area (Å²) in [6.45, 7) is 5.49. The van der Waals surface area contributed by atoms with Crippen molar-refractivity contribution in [2.24, 2.45) is 0 Å². The van der Waals surface area contributed by atoms with Gasteiger partial charge in [0.25, 0.3) is 5.91 Å². The van der Waals surface area contributed by atoms with Crippen LogP contribution in [0.3, 0.4) is 0 Å². The number of esters is 1. The predicted molar refractivity (Wildman–Crippen MR) is 83.4 cm³/mol. The highest BCUT2D eigenvalue weighted by molar-refractivity contribution is 6.00. The zero-order valence-corrected chi connectivity index (χ0v) is 13.3. The van der Waals surface area contributed by atoms with Crippen molar-refractivity contribution in [1.29, 1.82) is 0 Å². The lowest BCUT2D eigenvalue weighted by Gasteiger charge is -2.21. The van der Waals surface area contributed by atoms with Crippen LogP contribution in [0.1, 0.15) is 34.3 Å². The van der Waals surface area contributed by atoms with Gasteiger partial charge in [0.1, 0.15) is 11.3 Å². The van der Waals surface area contributed by atoms with Gasteiger partial charge in [-0.3, -0.25) is 4.79 Å². The van der Waals surface area contributed by atoms with Gasteiger partial charge in [-0.1, -0.05) is 23.4 Å². The number of para-hydroxylation sites is 1. The molecule has 1 aromatic carbocycles. The van der Waals surface area contributed by atoms with Gasteiger partial charge in [-0.2, -0.15) is 0 Å². The predicted octanol–water partition coefficient (Wildman–Crippen LogP) is 2.43. The number of aryl methyl sites for hydroxylation is 2. The van der Waals surface area contributed by atoms with Gasteiger partial charge in [0.2, 0.25) is 0 Å². The van der Waals surface area contributed by atoms with Crippen LogP contribution in [-0.2, 0) is 16.0 Å². The van der Waals surface area contributed by atoms with Crippen molar-refractivity contribution in [2.45, 2.75) is 33.3 Å². The Hall–Kier alpha value is -2.63. The van der Waals surface area contributed by atoms with Crippen molar-refractivity contribution >= 4 is 17.6 Å². The molecular formula is C17H18N2O4. The summed E-state index contributed by atoms with van der Waals surface area (Å²) in [5.41, 5.74) is 2.76. The molecule has 23 heavy (non-hydrogen) atoms. The van der Waals surface area contributed by atoms with Crippen LogP contribution in [0, 0.1) is 13.8 Å². The Kier molecular flexibility index (Phi) is 3.90. The topological polar surface area (TPSA) is 72.6 Å². The number of carbonyl (C=O) groups is 2. The number of anilines is 1. The van der Waals surface area contributed by atoms with E-state index in [4.69, 9.17) is 9.26 Å². The van der Waals surface area contributed by atoms with Crippen LogP contribution < -0.4 is 4.90 Å². The van der Waals surface area contributed by atoms with E-state index in [0.29, 0.717) is 18.0 Å². The Morgan fingerprint density at radius 3 is 2.74 bits per heavy atom. The molecule has 1 amide bonds. The third-order valence-corrected chi connectivity index (χ3v) is 4.02. The van der Waals surface area contributed by atoms with Crippen molar-refractivity contribution in [3.8, 4) is 0 Å². The number of carbonyl (C=O) groups excluding carboxylic acids is 2. The number of hydrogen-bond donors (Lipinski definition) is 0. The van der Waals surface area contributed by atoms with Crippen molar-refractivity contribution in [1.82, 2.24) is 5.16 Å². The second-order valence-electron chi connectivity index (χ2n) is 5.62. The molecule has 0 saturated heterocycles. The number of amides is 1. The Bertz CT molecular complexity index is 746. The van der Waals surface area contributed by atoms with Gasteiger partial charge >= 0.3 is 5.97 Å². The molecule has 2 aromatic rings. The third-order valence-electron chi connectivity index (χ3n) is 4.02. The van der Waals surface area contributed by atoms with E-state index in [0.717, 1.165) is 17.7 Å². The van der Waals surface area contributed by atoms with E-state index < -0.39 is 12.1 Å². The molecule has 1 atom stereocenters. The van der Waals surface area contributed by atoms with Crippen molar-refractivity contribution in [2.75, 3.05) is 11.4 Å². The second-order valence-corrected chi connectivity index (χ2v) is 5.62. The first kappa shape index (κ1) is 15.3. The maximum Gasteiger partial charge on any atom is 0.344 e. The largest absolute Gasteiger partial charge is 0.449 e. The molecule has 0 radical (unpaired) electrons. The van der Waals surface area contributed by atoms with Crippen LogP contribution in [0.25, 0.3) is 0 Å². The van der Waals surface area contributed by atoms with E-state index >= 15 is 0 Å². The van der Waals surface area contributed by atoms with E-state index in [1.54, 1.807) is 25.7 Å². The summed E-state index contributed by atoms with van der Waals surface area (Å²) in [6.07, 6.45) is -0.0609. The monoisotopic (exact) mass is 314 g/mol. The summed E-state index contributed by atoms with van der Waals surface area (Å²) < 4.78 is 10.3. The van der Waals surface area contributed by atoms with Crippen molar-refractivity contribution < 1.29 is 18.8 Å². The summed E-state index contributed by atoms with van der Waals surface area (Å²) in [5.74, 6) is -0.427. The average molecular weight is 314 g/mol. The summed E-state index contributed by atoms with van der Waals surface area (Å²) >= 11 is 0. The molecule has 1 aliphatic rings. The molecule has 1 aliphatic heterocycles. The second kappa shape index (κ2) is 5.87. The highest BCUT2D eigenvalue weighted by atomic mass is 16.5. The minimum Gasteiger partial charge on any atom is -0.449 e. The van der Waals surface area contributed by atoms with Crippen LogP contribution in [0.4, 0.5) is 5.69 Å². The minimum atomic E-state index is -0.873. The van der Waals surface area contributed by atoms with E-state index in [1.165, 1.54) is 0 Å². The normalized spacial score (nSPS) is 14.5. The molecular weight excluding hydrogens is 296 g/mol. The van der Waals surface area contributed by atoms with Crippen LogP contribution >= 0.6 is 0 Å². The number of aromatic nitrogens is 1. The smallest absolute Gasteiger partial charge is 0.344 e. The average Bonchev–Trinajstić information content (AvgIpc) is 3.10. The van der Waals surface area contributed by atoms with E-state index in [9.17, 15) is 9.59 Å². The summed E-state index contributed by atoms with van der Waals surface area (Å²) in [5, 5.41) is 3.73. The molecule has 120 valence electrons. The fourth-order valence-electron chi connectivity index (χ4n) is 2.83. The Morgan fingerprint density at radius 2 is 2.04 bits per heavy atom. The van der Waals surface area contributed by atoms with Gasteiger partial charge in [-0.15, -0.1) is 0 Å². The van der Waals surface area contributed by atoms with Crippen molar-refractivity contribution in [3.05, 3.63) is 46.8 Å². The summed E-state index contributed by atoms with van der Waals surface area (Å²) in [6, 6.07) is 7.75. The number of benzene rings is 1. The fraction of sp³-hybridized carbons (Fsp3) is 0.353. The molecule has 6 nitrogen and oxygen atoms in total. The molecule has 3 rings (SSSR count). The minimum absolute atomic E-state index is 0.227. The molecule has 2 heterocycles. The maximum absolute atomic E-state index is 12.6. The lowest BCUT2D eigenvalue weighted by Crippen LogP contribution is -2.39. The van der Waals surface area contributed by atoms with Crippen LogP contribution in [0.5, 0.6) is 0 Å². The molecule has 0 saturated carbocycles. The van der Waals surface area contributed by atoms with E-state index in [1.807, 2.05) is 24.3 Å². The van der Waals surface area contributed by atoms with E-state index in [-0.39, 0.29) is 11.5 Å². The van der Waals surface area contributed by atoms with Gasteiger partial charge in [-0.05, 0) is 38.8 Å².